The third kappa shape index (κ3) is 2.79. The quantitative estimate of drug-likeness (QED) is 0.928. The summed E-state index contributed by atoms with van der Waals surface area (Å²) in [4.78, 5) is 1.82. The average molecular weight is 270 g/mol. The third-order valence-electron chi connectivity index (χ3n) is 3.16. The molecular weight excluding hydrogens is 255 g/mol. The average Bonchev–Trinajstić information content (AvgIpc) is 2.46. The van der Waals surface area contributed by atoms with Crippen molar-refractivity contribution in [1.29, 1.82) is 5.26 Å². The summed E-state index contributed by atoms with van der Waals surface area (Å²) in [5.41, 5.74) is 2.57. The van der Waals surface area contributed by atoms with Gasteiger partial charge in [-0.25, -0.2) is 4.39 Å². The van der Waals surface area contributed by atoms with Gasteiger partial charge in [0.15, 0.2) is 0 Å². The van der Waals surface area contributed by atoms with Crippen molar-refractivity contribution < 1.29 is 9.50 Å². The van der Waals surface area contributed by atoms with E-state index in [9.17, 15) is 9.50 Å². The van der Waals surface area contributed by atoms with E-state index in [1.165, 1.54) is 12.1 Å². The Morgan fingerprint density at radius 1 is 1.25 bits per heavy atom. The van der Waals surface area contributed by atoms with Gasteiger partial charge in [-0.2, -0.15) is 5.26 Å². The molecule has 0 saturated heterocycles. The zero-order chi connectivity index (χ0) is 14.7. The van der Waals surface area contributed by atoms with Gasteiger partial charge in [-0.05, 0) is 43.3 Å². The lowest BCUT2D eigenvalue weighted by atomic mass is 10.1. The fraction of sp³-hybridized carbons (Fsp3) is 0.188. The van der Waals surface area contributed by atoms with E-state index in [1.54, 1.807) is 31.2 Å². The molecule has 0 aliphatic rings. The van der Waals surface area contributed by atoms with Crippen LogP contribution in [0.4, 0.5) is 15.8 Å². The highest BCUT2D eigenvalue weighted by atomic mass is 19.1. The van der Waals surface area contributed by atoms with Crippen LogP contribution in [0.15, 0.2) is 42.5 Å². The van der Waals surface area contributed by atoms with Crippen molar-refractivity contribution in [2.45, 2.75) is 13.0 Å². The summed E-state index contributed by atoms with van der Waals surface area (Å²) in [5, 5.41) is 18.7. The van der Waals surface area contributed by atoms with Crippen molar-refractivity contribution in [3.63, 3.8) is 0 Å². The number of anilines is 2. The predicted molar refractivity (Wildman–Crippen MR) is 76.3 cm³/mol. The molecule has 0 aromatic heterocycles. The van der Waals surface area contributed by atoms with Crippen molar-refractivity contribution in [3.05, 3.63) is 59.4 Å². The first-order valence-electron chi connectivity index (χ1n) is 6.24. The molecule has 4 heteroatoms. The fourth-order valence-electron chi connectivity index (χ4n) is 2.09. The van der Waals surface area contributed by atoms with Crippen LogP contribution in [0.3, 0.4) is 0 Å². The van der Waals surface area contributed by atoms with Gasteiger partial charge in [0.25, 0.3) is 0 Å². The van der Waals surface area contributed by atoms with E-state index in [-0.39, 0.29) is 5.82 Å². The highest BCUT2D eigenvalue weighted by Gasteiger charge is 2.14. The molecule has 0 heterocycles. The normalized spacial score (nSPS) is 11.8. The topological polar surface area (TPSA) is 47.3 Å². The molecule has 0 amide bonds. The van der Waals surface area contributed by atoms with Gasteiger partial charge in [0.1, 0.15) is 5.82 Å². The number of nitrogens with zero attached hydrogens (tertiary/aromatic N) is 2. The second kappa shape index (κ2) is 5.72. The minimum Gasteiger partial charge on any atom is -0.389 e. The highest BCUT2D eigenvalue weighted by molar-refractivity contribution is 5.67. The van der Waals surface area contributed by atoms with Crippen LogP contribution in [0.25, 0.3) is 0 Å². The second-order valence-electron chi connectivity index (χ2n) is 4.60. The molecule has 2 aromatic carbocycles. The van der Waals surface area contributed by atoms with Crippen LogP contribution in [0, 0.1) is 17.1 Å². The Morgan fingerprint density at radius 2 is 2.00 bits per heavy atom. The van der Waals surface area contributed by atoms with Gasteiger partial charge >= 0.3 is 0 Å². The largest absolute Gasteiger partial charge is 0.389 e. The Morgan fingerprint density at radius 3 is 2.65 bits per heavy atom. The number of hydrogen-bond donors (Lipinski definition) is 1. The number of hydrogen-bond acceptors (Lipinski definition) is 3. The summed E-state index contributed by atoms with van der Waals surface area (Å²) < 4.78 is 13.3. The molecule has 0 saturated carbocycles. The number of rotatable bonds is 3. The van der Waals surface area contributed by atoms with Crippen LogP contribution in [0.1, 0.15) is 24.2 Å². The molecule has 2 aromatic rings. The zero-order valence-corrected chi connectivity index (χ0v) is 11.3. The van der Waals surface area contributed by atoms with Crippen molar-refractivity contribution in [2.75, 3.05) is 11.9 Å². The molecule has 3 nitrogen and oxygen atoms in total. The lowest BCUT2D eigenvalue weighted by Crippen LogP contribution is -2.13. The summed E-state index contributed by atoms with van der Waals surface area (Å²) in [6, 6.07) is 13.5. The Kier molecular flexibility index (Phi) is 4.02. The Labute approximate surface area is 117 Å². The number of aliphatic hydroxyl groups is 1. The molecule has 0 spiro atoms. The lowest BCUT2D eigenvalue weighted by molar-refractivity contribution is 0.199. The van der Waals surface area contributed by atoms with Crippen LogP contribution in [-0.2, 0) is 0 Å². The molecule has 1 N–H and O–H groups in total. The van der Waals surface area contributed by atoms with Gasteiger partial charge in [-0.15, -0.1) is 0 Å². The standard InChI is InChI=1S/C16H15FN2O/c1-11(20)15-9-13(17)6-7-16(15)19(2)14-5-3-4-12(8-14)10-18/h3-9,11,20H,1-2H3/t11-/m0/s1. The van der Waals surface area contributed by atoms with Crippen molar-refractivity contribution in [1.82, 2.24) is 0 Å². The number of nitriles is 1. The molecule has 0 unspecified atom stereocenters. The minimum atomic E-state index is -0.776. The summed E-state index contributed by atoms with van der Waals surface area (Å²) in [5.74, 6) is -0.385. The summed E-state index contributed by atoms with van der Waals surface area (Å²) >= 11 is 0. The van der Waals surface area contributed by atoms with Crippen molar-refractivity contribution in [3.8, 4) is 6.07 Å². The molecule has 0 aliphatic heterocycles. The summed E-state index contributed by atoms with van der Waals surface area (Å²) in [7, 11) is 1.82. The first kappa shape index (κ1) is 14.0. The van der Waals surface area contributed by atoms with Gasteiger partial charge in [0.05, 0.1) is 17.7 Å². The van der Waals surface area contributed by atoms with Crippen LogP contribution < -0.4 is 4.90 Å². The van der Waals surface area contributed by atoms with Crippen LogP contribution in [0.2, 0.25) is 0 Å². The van der Waals surface area contributed by atoms with Crippen molar-refractivity contribution in [2.24, 2.45) is 0 Å². The van der Waals surface area contributed by atoms with Gasteiger partial charge in [0, 0.05) is 24.0 Å². The Hall–Kier alpha value is -2.38. The molecule has 2 rings (SSSR count). The van der Waals surface area contributed by atoms with Gasteiger partial charge in [-0.3, -0.25) is 0 Å². The molecule has 20 heavy (non-hydrogen) atoms. The van der Waals surface area contributed by atoms with E-state index in [2.05, 4.69) is 6.07 Å². The van der Waals surface area contributed by atoms with E-state index < -0.39 is 6.10 Å². The maximum atomic E-state index is 13.3. The zero-order valence-electron chi connectivity index (χ0n) is 11.3. The van der Waals surface area contributed by atoms with E-state index in [0.29, 0.717) is 16.8 Å². The molecule has 0 aliphatic carbocycles. The smallest absolute Gasteiger partial charge is 0.123 e. The monoisotopic (exact) mass is 270 g/mol. The number of halogens is 1. The van der Waals surface area contributed by atoms with Crippen LogP contribution in [0.5, 0.6) is 0 Å². The minimum absolute atomic E-state index is 0.385. The molecule has 0 fully saturated rings. The molecule has 0 bridgehead atoms. The number of benzene rings is 2. The predicted octanol–water partition coefficient (Wildman–Crippen LogP) is 3.52. The Balaban J connectivity index is 2.47. The van der Waals surface area contributed by atoms with Gasteiger partial charge in [0.2, 0.25) is 0 Å². The van der Waals surface area contributed by atoms with E-state index >= 15 is 0 Å². The second-order valence-corrected chi connectivity index (χ2v) is 4.60. The molecule has 0 radical (unpaired) electrons. The van der Waals surface area contributed by atoms with Gasteiger partial charge in [-0.1, -0.05) is 6.07 Å². The fourth-order valence-corrected chi connectivity index (χ4v) is 2.09. The van der Waals surface area contributed by atoms with Crippen LogP contribution in [-0.4, -0.2) is 12.2 Å². The van der Waals surface area contributed by atoms with Crippen LogP contribution >= 0.6 is 0 Å². The first-order chi connectivity index (χ1) is 9.52. The third-order valence-corrected chi connectivity index (χ3v) is 3.16. The highest BCUT2D eigenvalue weighted by Crippen LogP contribution is 2.31. The first-order valence-corrected chi connectivity index (χ1v) is 6.24. The lowest BCUT2D eigenvalue weighted by Gasteiger charge is -2.24. The molecule has 102 valence electrons. The summed E-state index contributed by atoms with van der Waals surface area (Å²) in [6.45, 7) is 1.60. The maximum absolute atomic E-state index is 13.3. The van der Waals surface area contributed by atoms with E-state index in [0.717, 1.165) is 5.69 Å². The molecular formula is C16H15FN2O. The summed E-state index contributed by atoms with van der Waals surface area (Å²) in [6.07, 6.45) is -0.776. The maximum Gasteiger partial charge on any atom is 0.123 e. The molecule has 1 atom stereocenters. The number of aliphatic hydroxyl groups excluding tert-OH is 1. The van der Waals surface area contributed by atoms with E-state index in [1.807, 2.05) is 18.0 Å². The Bertz CT molecular complexity index is 662. The van der Waals surface area contributed by atoms with E-state index in [4.69, 9.17) is 5.26 Å². The van der Waals surface area contributed by atoms with Gasteiger partial charge < -0.3 is 10.0 Å². The van der Waals surface area contributed by atoms with Crippen molar-refractivity contribution >= 4 is 11.4 Å². The SMILES string of the molecule is C[C@H](O)c1cc(F)ccc1N(C)c1cccc(C#N)c1.